The average Bonchev–Trinajstić information content (AvgIpc) is 3.33. The van der Waals surface area contributed by atoms with Gasteiger partial charge in [0, 0.05) is 0 Å². The highest BCUT2D eigenvalue weighted by Gasteiger charge is 2.28. The largest absolute Gasteiger partial charge is 0.422 e. The Kier molecular flexibility index (Phi) is 13.4. The molecule has 1 aliphatic rings. The lowest BCUT2D eigenvalue weighted by atomic mass is 10.0. The van der Waals surface area contributed by atoms with Crippen LogP contribution in [0.5, 0.6) is 5.75 Å². The first-order valence-corrected chi connectivity index (χ1v) is 12.0. The molecule has 1 aromatic rings. The molecule has 33 heavy (non-hydrogen) atoms. The summed E-state index contributed by atoms with van der Waals surface area (Å²) in [5.41, 5.74) is 0. The van der Waals surface area contributed by atoms with Crippen LogP contribution in [0.15, 0.2) is 0 Å². The number of carbonyl (C=O) groups excluding carboxylic acids is 3. The zero-order chi connectivity index (χ0) is 25.3. The van der Waals surface area contributed by atoms with Gasteiger partial charge >= 0.3 is 5.97 Å². The second-order valence-electron chi connectivity index (χ2n) is 7.43. The monoisotopic (exact) mass is 583 g/mol. The molecular formula is C19H23Cl6N3O5. The van der Waals surface area contributed by atoms with Crippen LogP contribution < -0.4 is 20.7 Å². The van der Waals surface area contributed by atoms with Gasteiger partial charge in [-0.3, -0.25) is 14.2 Å². The fourth-order valence-electron chi connectivity index (χ4n) is 2.99. The molecule has 1 saturated heterocycles. The van der Waals surface area contributed by atoms with E-state index in [1.165, 1.54) is 0 Å². The van der Waals surface area contributed by atoms with Crippen LogP contribution in [0, 0.1) is 5.92 Å². The lowest BCUT2D eigenvalue weighted by molar-refractivity contribution is -0.136. The minimum absolute atomic E-state index is 0.0737. The van der Waals surface area contributed by atoms with E-state index >= 15 is 0 Å². The lowest BCUT2D eigenvalue weighted by Crippen LogP contribution is -2.52. The Morgan fingerprint density at radius 2 is 1.58 bits per heavy atom. The summed E-state index contributed by atoms with van der Waals surface area (Å²) in [7, 11) is 0. The molecule has 1 aliphatic heterocycles. The molecule has 2 unspecified atom stereocenters. The third-order valence-electron chi connectivity index (χ3n) is 4.51. The van der Waals surface area contributed by atoms with Crippen LogP contribution in [0.3, 0.4) is 0 Å². The van der Waals surface area contributed by atoms with E-state index in [0.717, 1.165) is 13.0 Å². The van der Waals surface area contributed by atoms with E-state index in [0.29, 0.717) is 12.8 Å². The van der Waals surface area contributed by atoms with E-state index in [-0.39, 0.29) is 48.7 Å². The molecule has 2 amide bonds. The van der Waals surface area contributed by atoms with Crippen LogP contribution in [0.2, 0.25) is 25.1 Å². The van der Waals surface area contributed by atoms with Crippen molar-refractivity contribution in [3.8, 4) is 5.75 Å². The summed E-state index contributed by atoms with van der Waals surface area (Å²) in [5.74, 6) is -1.75. The Bertz CT molecular complexity index is 836. The summed E-state index contributed by atoms with van der Waals surface area (Å²) in [4.78, 5) is 37.2. The number of hydrogen-bond acceptors (Lipinski definition) is 6. The smallest absolute Gasteiger partial charge is 0.330 e. The highest BCUT2D eigenvalue weighted by molar-refractivity contribution is 6.55. The van der Waals surface area contributed by atoms with Gasteiger partial charge in [-0.25, -0.2) is 4.79 Å². The third kappa shape index (κ3) is 8.78. The van der Waals surface area contributed by atoms with Crippen molar-refractivity contribution in [3.63, 3.8) is 0 Å². The fourth-order valence-corrected chi connectivity index (χ4v) is 4.19. The Labute approximate surface area is 221 Å². The number of halogens is 6. The summed E-state index contributed by atoms with van der Waals surface area (Å²) >= 11 is 33.5. The van der Waals surface area contributed by atoms with Crippen LogP contribution >= 0.6 is 69.9 Å². The minimum atomic E-state index is -0.862. The van der Waals surface area contributed by atoms with Crippen molar-refractivity contribution < 1.29 is 23.8 Å². The topological polar surface area (TPSA) is 117 Å². The Morgan fingerprint density at radius 3 is 2.06 bits per heavy atom. The van der Waals surface area contributed by atoms with Crippen molar-refractivity contribution >= 4 is 87.7 Å². The number of amides is 2. The van der Waals surface area contributed by atoms with Gasteiger partial charge in [-0.15, -0.1) is 0 Å². The summed E-state index contributed by atoms with van der Waals surface area (Å²) in [6.07, 6.45) is 2.01. The summed E-state index contributed by atoms with van der Waals surface area (Å²) in [6.45, 7) is 4.11. The quantitative estimate of drug-likeness (QED) is 0.156. The van der Waals surface area contributed by atoms with Crippen molar-refractivity contribution in [3.05, 3.63) is 25.1 Å². The number of benzene rings is 1. The van der Waals surface area contributed by atoms with Crippen LogP contribution in [0.1, 0.15) is 33.1 Å². The van der Waals surface area contributed by atoms with Crippen LogP contribution in [-0.2, 0) is 14.4 Å². The van der Waals surface area contributed by atoms with Crippen LogP contribution in [-0.4, -0.2) is 47.6 Å². The number of hydrogen-bond donors (Lipinski definition) is 4. The maximum absolute atomic E-state index is 12.6. The zero-order valence-electron chi connectivity index (χ0n) is 17.6. The molecule has 8 nitrogen and oxygen atoms in total. The second-order valence-corrected chi connectivity index (χ2v) is 9.32. The van der Waals surface area contributed by atoms with Crippen molar-refractivity contribution in [1.82, 2.24) is 16.0 Å². The van der Waals surface area contributed by atoms with Gasteiger partial charge in [0.05, 0.1) is 33.0 Å². The van der Waals surface area contributed by atoms with E-state index in [1.807, 2.05) is 13.8 Å². The highest BCUT2D eigenvalue weighted by Crippen LogP contribution is 2.48. The van der Waals surface area contributed by atoms with E-state index in [1.54, 1.807) is 0 Å². The highest BCUT2D eigenvalue weighted by atomic mass is 35.5. The molecule has 1 heterocycles. The van der Waals surface area contributed by atoms with Gasteiger partial charge in [-0.1, -0.05) is 71.9 Å². The number of rotatable bonds is 8. The number of ether oxygens (including phenoxy) is 1. The maximum Gasteiger partial charge on any atom is 0.330 e. The molecule has 14 heteroatoms. The summed E-state index contributed by atoms with van der Waals surface area (Å²) in [5, 5.41) is 7.60. The molecule has 1 fully saturated rings. The summed E-state index contributed by atoms with van der Waals surface area (Å²) < 4.78 is 11.6. The van der Waals surface area contributed by atoms with Gasteiger partial charge in [-0.2, -0.15) is 0 Å². The van der Waals surface area contributed by atoms with Gasteiger partial charge < -0.3 is 20.7 Å². The standard InChI is InChI=1S/C19H22Cl5N3O4.ClHO/c1-8(2)6-10(27-19(30)9-4-3-5-25-9)18(29)26-7-11(28)31-17-15(23)13(21)12(20)14(22)16(17)24;1-2/h8-10,25H,3-7H2,1-2H3,(H,26,29)(H,27,30);2H. The maximum atomic E-state index is 12.6. The first-order valence-electron chi connectivity index (χ1n) is 9.73. The number of carbonyl (C=O) groups is 3. The molecule has 0 radical (unpaired) electrons. The SMILES string of the molecule is CC(C)CC(NC(=O)C1CCCN1)C(=O)NCC(=O)Oc1c(Cl)c(Cl)c(Cl)c(Cl)c1Cl.OCl. The van der Waals surface area contributed by atoms with Gasteiger partial charge in [0.25, 0.3) is 0 Å². The van der Waals surface area contributed by atoms with E-state index in [2.05, 4.69) is 27.8 Å². The first kappa shape index (κ1) is 30.3. The average molecular weight is 586 g/mol. The van der Waals surface area contributed by atoms with Crippen molar-refractivity contribution in [2.75, 3.05) is 13.1 Å². The first-order chi connectivity index (χ1) is 15.5. The molecular weight excluding hydrogens is 563 g/mol. The molecule has 1 aromatic carbocycles. The third-order valence-corrected chi connectivity index (χ3v) is 6.75. The van der Waals surface area contributed by atoms with Crippen molar-refractivity contribution in [1.29, 1.82) is 0 Å². The van der Waals surface area contributed by atoms with Gasteiger partial charge in [0.1, 0.15) is 22.6 Å². The van der Waals surface area contributed by atoms with Gasteiger partial charge in [0.2, 0.25) is 11.8 Å². The molecule has 2 atom stereocenters. The van der Waals surface area contributed by atoms with Crippen LogP contribution in [0.25, 0.3) is 0 Å². The Hall–Kier alpha value is -0.710. The molecule has 0 aliphatic carbocycles. The molecule has 0 bridgehead atoms. The molecule has 2 rings (SSSR count). The summed E-state index contributed by atoms with van der Waals surface area (Å²) in [6, 6.07) is -1.12. The molecule has 186 valence electrons. The van der Waals surface area contributed by atoms with E-state index in [9.17, 15) is 14.4 Å². The minimum Gasteiger partial charge on any atom is -0.422 e. The molecule has 0 saturated carbocycles. The van der Waals surface area contributed by atoms with Gasteiger partial charge in [-0.05, 0) is 31.7 Å². The molecule has 0 aromatic heterocycles. The lowest BCUT2D eigenvalue weighted by Gasteiger charge is -2.22. The molecule has 0 spiro atoms. The van der Waals surface area contributed by atoms with Crippen molar-refractivity contribution in [2.45, 2.75) is 45.2 Å². The normalized spacial score (nSPS) is 16.0. The molecule has 4 N–H and O–H groups in total. The zero-order valence-corrected chi connectivity index (χ0v) is 22.2. The number of nitrogens with one attached hydrogen (secondary N) is 3. The van der Waals surface area contributed by atoms with E-state index < -0.39 is 24.5 Å². The number of esters is 1. The predicted molar refractivity (Wildman–Crippen MR) is 131 cm³/mol. The fraction of sp³-hybridized carbons (Fsp3) is 0.526. The van der Waals surface area contributed by atoms with Crippen LogP contribution in [0.4, 0.5) is 0 Å². The van der Waals surface area contributed by atoms with E-state index in [4.69, 9.17) is 67.4 Å². The Balaban J connectivity index is 0.00000265. The predicted octanol–water partition coefficient (Wildman–Crippen LogP) is 4.39. The van der Waals surface area contributed by atoms with Gasteiger partial charge in [0.15, 0.2) is 5.75 Å². The Morgan fingerprint density at radius 1 is 1.03 bits per heavy atom. The second kappa shape index (κ2) is 14.6. The van der Waals surface area contributed by atoms with Crippen molar-refractivity contribution in [2.24, 2.45) is 5.92 Å².